The van der Waals surface area contributed by atoms with Gasteiger partial charge in [-0.15, -0.1) is 0 Å². The summed E-state index contributed by atoms with van der Waals surface area (Å²) in [5, 5.41) is 3.50. The fraction of sp³-hybridized carbons (Fsp3) is 0.600. The van der Waals surface area contributed by atoms with Gasteiger partial charge in [-0.25, -0.2) is 0 Å². The van der Waals surface area contributed by atoms with Crippen LogP contribution in [-0.4, -0.2) is 19.2 Å². The van der Waals surface area contributed by atoms with Crippen molar-refractivity contribution in [2.45, 2.75) is 46.1 Å². The molecule has 94 valence electrons. The summed E-state index contributed by atoms with van der Waals surface area (Å²) in [7, 11) is 0. The second kappa shape index (κ2) is 5.54. The third-order valence-corrected chi connectivity index (χ3v) is 3.35. The molecule has 1 fully saturated rings. The highest BCUT2D eigenvalue weighted by Gasteiger charge is 2.19. The van der Waals surface area contributed by atoms with E-state index in [0.717, 1.165) is 31.4 Å². The molecule has 1 N–H and O–H groups in total. The van der Waals surface area contributed by atoms with Crippen molar-refractivity contribution in [3.63, 3.8) is 0 Å². The molecule has 0 amide bonds. The van der Waals surface area contributed by atoms with Gasteiger partial charge in [0.1, 0.15) is 5.75 Å². The second-order valence-electron chi connectivity index (χ2n) is 5.14. The minimum Gasteiger partial charge on any atom is -0.493 e. The van der Waals surface area contributed by atoms with Gasteiger partial charge in [-0.1, -0.05) is 6.07 Å². The minimum absolute atomic E-state index is 0.804. The van der Waals surface area contributed by atoms with Crippen LogP contribution in [0.15, 0.2) is 12.1 Å². The largest absolute Gasteiger partial charge is 0.493 e. The maximum atomic E-state index is 5.86. The molecule has 0 aliphatic heterocycles. The van der Waals surface area contributed by atoms with Crippen LogP contribution < -0.4 is 10.1 Å². The Hall–Kier alpha value is -1.02. The van der Waals surface area contributed by atoms with E-state index in [0.29, 0.717) is 0 Å². The number of hydrogen-bond acceptors (Lipinski definition) is 2. The van der Waals surface area contributed by atoms with Crippen LogP contribution in [0.3, 0.4) is 0 Å². The Morgan fingerprint density at radius 3 is 2.71 bits per heavy atom. The van der Waals surface area contributed by atoms with E-state index in [9.17, 15) is 0 Å². The molecule has 17 heavy (non-hydrogen) atoms. The third kappa shape index (κ3) is 3.74. The average molecular weight is 233 g/mol. The summed E-state index contributed by atoms with van der Waals surface area (Å²) in [5.41, 5.74) is 3.86. The molecular formula is C15H23NO. The van der Waals surface area contributed by atoms with Gasteiger partial charge in [-0.3, -0.25) is 0 Å². The first-order chi connectivity index (χ1) is 8.16. The molecule has 0 radical (unpaired) electrons. The van der Waals surface area contributed by atoms with Crippen molar-refractivity contribution in [3.05, 3.63) is 28.8 Å². The van der Waals surface area contributed by atoms with E-state index in [1.165, 1.54) is 29.5 Å². The van der Waals surface area contributed by atoms with Gasteiger partial charge in [0.25, 0.3) is 0 Å². The highest BCUT2D eigenvalue weighted by molar-refractivity contribution is 5.41. The van der Waals surface area contributed by atoms with Crippen molar-refractivity contribution in [2.75, 3.05) is 13.2 Å². The number of nitrogens with one attached hydrogen (secondary N) is 1. The molecular weight excluding hydrogens is 210 g/mol. The average Bonchev–Trinajstić information content (AvgIpc) is 3.08. The van der Waals surface area contributed by atoms with E-state index in [-0.39, 0.29) is 0 Å². The first kappa shape index (κ1) is 12.4. The lowest BCUT2D eigenvalue weighted by atomic mass is 10.1. The van der Waals surface area contributed by atoms with Gasteiger partial charge in [0.15, 0.2) is 0 Å². The molecule has 1 aliphatic carbocycles. The molecule has 0 aromatic heterocycles. The Morgan fingerprint density at radius 2 is 2.00 bits per heavy atom. The maximum Gasteiger partial charge on any atom is 0.122 e. The zero-order valence-electron chi connectivity index (χ0n) is 11.2. The SMILES string of the molecule is Cc1cc(C)c(C)c(OCCCNC2CC2)c1. The summed E-state index contributed by atoms with van der Waals surface area (Å²) in [6.07, 6.45) is 3.80. The molecule has 0 heterocycles. The van der Waals surface area contributed by atoms with Crippen molar-refractivity contribution in [2.24, 2.45) is 0 Å². The van der Waals surface area contributed by atoms with Crippen LogP contribution in [0.25, 0.3) is 0 Å². The molecule has 2 nitrogen and oxygen atoms in total. The molecule has 0 bridgehead atoms. The van der Waals surface area contributed by atoms with Crippen molar-refractivity contribution >= 4 is 0 Å². The molecule has 0 spiro atoms. The third-order valence-electron chi connectivity index (χ3n) is 3.35. The smallest absolute Gasteiger partial charge is 0.122 e. The van der Waals surface area contributed by atoms with E-state index in [4.69, 9.17) is 4.74 Å². The molecule has 0 saturated heterocycles. The quantitative estimate of drug-likeness (QED) is 0.762. The summed E-state index contributed by atoms with van der Waals surface area (Å²) in [4.78, 5) is 0. The summed E-state index contributed by atoms with van der Waals surface area (Å²) in [5.74, 6) is 1.05. The number of rotatable bonds is 6. The summed E-state index contributed by atoms with van der Waals surface area (Å²) >= 11 is 0. The Morgan fingerprint density at radius 1 is 1.24 bits per heavy atom. The summed E-state index contributed by atoms with van der Waals surface area (Å²) < 4.78 is 5.86. The molecule has 0 atom stereocenters. The van der Waals surface area contributed by atoms with E-state index >= 15 is 0 Å². The van der Waals surface area contributed by atoms with Crippen LogP contribution in [0, 0.1) is 20.8 Å². The minimum atomic E-state index is 0.804. The van der Waals surface area contributed by atoms with Crippen molar-refractivity contribution in [3.8, 4) is 5.75 Å². The number of benzene rings is 1. The topological polar surface area (TPSA) is 21.3 Å². The van der Waals surface area contributed by atoms with Crippen molar-refractivity contribution in [1.82, 2.24) is 5.32 Å². The standard InChI is InChI=1S/C15H23NO/c1-11-9-12(2)13(3)15(10-11)17-8-4-7-16-14-5-6-14/h9-10,14,16H,4-8H2,1-3H3. The lowest BCUT2D eigenvalue weighted by Crippen LogP contribution is -2.19. The first-order valence-corrected chi connectivity index (χ1v) is 6.61. The number of hydrogen-bond donors (Lipinski definition) is 1. The Bertz CT molecular complexity index is 383. The number of aryl methyl sites for hydroxylation is 2. The van der Waals surface area contributed by atoms with Crippen LogP contribution in [0.4, 0.5) is 0 Å². The Kier molecular flexibility index (Phi) is 4.06. The Labute approximate surface area is 104 Å². The molecule has 1 aromatic rings. The van der Waals surface area contributed by atoms with Crippen LogP contribution in [0.5, 0.6) is 5.75 Å². The predicted molar refractivity (Wildman–Crippen MR) is 71.8 cm³/mol. The van der Waals surface area contributed by atoms with Crippen LogP contribution in [0.1, 0.15) is 36.0 Å². The second-order valence-corrected chi connectivity index (χ2v) is 5.14. The lowest BCUT2D eigenvalue weighted by Gasteiger charge is -2.12. The normalized spacial score (nSPS) is 15.0. The highest BCUT2D eigenvalue weighted by atomic mass is 16.5. The van der Waals surface area contributed by atoms with E-state index in [1.807, 2.05) is 0 Å². The van der Waals surface area contributed by atoms with E-state index in [2.05, 4.69) is 38.2 Å². The predicted octanol–water partition coefficient (Wildman–Crippen LogP) is 3.13. The molecule has 1 aromatic carbocycles. The maximum absolute atomic E-state index is 5.86. The van der Waals surface area contributed by atoms with Crippen molar-refractivity contribution in [1.29, 1.82) is 0 Å². The van der Waals surface area contributed by atoms with Crippen LogP contribution in [0.2, 0.25) is 0 Å². The Balaban J connectivity index is 1.77. The summed E-state index contributed by atoms with van der Waals surface area (Å²) in [6.45, 7) is 8.28. The van der Waals surface area contributed by atoms with Gasteiger partial charge in [0.05, 0.1) is 6.61 Å². The lowest BCUT2D eigenvalue weighted by molar-refractivity contribution is 0.305. The monoisotopic (exact) mass is 233 g/mol. The van der Waals surface area contributed by atoms with Crippen LogP contribution >= 0.6 is 0 Å². The molecule has 2 rings (SSSR count). The fourth-order valence-corrected chi connectivity index (χ4v) is 2.00. The zero-order valence-corrected chi connectivity index (χ0v) is 11.2. The van der Waals surface area contributed by atoms with E-state index < -0.39 is 0 Å². The molecule has 1 saturated carbocycles. The van der Waals surface area contributed by atoms with Gasteiger partial charge in [-0.05, 0) is 69.3 Å². The zero-order chi connectivity index (χ0) is 12.3. The van der Waals surface area contributed by atoms with Crippen molar-refractivity contribution < 1.29 is 4.74 Å². The highest BCUT2D eigenvalue weighted by Crippen LogP contribution is 2.23. The van der Waals surface area contributed by atoms with Crippen LogP contribution in [-0.2, 0) is 0 Å². The van der Waals surface area contributed by atoms with Gasteiger partial charge in [0.2, 0.25) is 0 Å². The van der Waals surface area contributed by atoms with Gasteiger partial charge < -0.3 is 10.1 Å². The molecule has 2 heteroatoms. The van der Waals surface area contributed by atoms with Gasteiger partial charge >= 0.3 is 0 Å². The van der Waals surface area contributed by atoms with Gasteiger partial charge in [0, 0.05) is 6.04 Å². The summed E-state index contributed by atoms with van der Waals surface area (Å²) in [6, 6.07) is 5.14. The fourth-order valence-electron chi connectivity index (χ4n) is 2.00. The molecule has 0 unspecified atom stereocenters. The molecule has 1 aliphatic rings. The first-order valence-electron chi connectivity index (χ1n) is 6.61. The van der Waals surface area contributed by atoms with Gasteiger partial charge in [-0.2, -0.15) is 0 Å². The van der Waals surface area contributed by atoms with E-state index in [1.54, 1.807) is 0 Å². The number of ether oxygens (including phenoxy) is 1.